The molecule has 4 nitrogen and oxygen atoms in total. The number of benzene rings is 1. The van der Waals surface area contributed by atoms with Crippen molar-refractivity contribution < 1.29 is 17.9 Å². The summed E-state index contributed by atoms with van der Waals surface area (Å²) in [4.78, 5) is 0. The van der Waals surface area contributed by atoms with Crippen molar-refractivity contribution in [2.45, 2.75) is 6.18 Å². The number of nitrogens with zero attached hydrogens (tertiary/aromatic N) is 2. The van der Waals surface area contributed by atoms with Crippen molar-refractivity contribution in [3.63, 3.8) is 0 Å². The molecule has 0 aliphatic rings. The van der Waals surface area contributed by atoms with Gasteiger partial charge in [0.25, 0.3) is 0 Å². The van der Waals surface area contributed by atoms with Gasteiger partial charge in [0.1, 0.15) is 5.75 Å². The molecular formula is C10H8F3N3OS. The number of methoxy groups -OCH3 is 1. The zero-order chi connectivity index (χ0) is 13.3. The van der Waals surface area contributed by atoms with Crippen LogP contribution >= 0.6 is 11.3 Å². The second-order valence-corrected chi connectivity index (χ2v) is 4.37. The molecule has 18 heavy (non-hydrogen) atoms. The topological polar surface area (TPSA) is 61.0 Å². The van der Waals surface area contributed by atoms with Crippen molar-refractivity contribution in [3.05, 3.63) is 23.8 Å². The highest BCUT2D eigenvalue weighted by atomic mass is 32.1. The molecule has 0 aliphatic carbocycles. The van der Waals surface area contributed by atoms with Gasteiger partial charge < -0.3 is 10.5 Å². The number of hydrogen-bond acceptors (Lipinski definition) is 5. The van der Waals surface area contributed by atoms with E-state index in [0.29, 0.717) is 5.75 Å². The van der Waals surface area contributed by atoms with Gasteiger partial charge in [-0.2, -0.15) is 13.2 Å². The monoisotopic (exact) mass is 275 g/mol. The largest absolute Gasteiger partial charge is 0.496 e. The van der Waals surface area contributed by atoms with Crippen LogP contribution < -0.4 is 10.5 Å². The van der Waals surface area contributed by atoms with Gasteiger partial charge in [-0.05, 0) is 18.2 Å². The molecule has 8 heteroatoms. The van der Waals surface area contributed by atoms with Crippen molar-refractivity contribution in [2.24, 2.45) is 0 Å². The molecule has 0 radical (unpaired) electrons. The van der Waals surface area contributed by atoms with Crippen LogP contribution in [-0.2, 0) is 6.18 Å². The second-order valence-electron chi connectivity index (χ2n) is 3.36. The van der Waals surface area contributed by atoms with E-state index in [9.17, 15) is 13.2 Å². The van der Waals surface area contributed by atoms with Crippen LogP contribution in [0.5, 0.6) is 5.75 Å². The summed E-state index contributed by atoms with van der Waals surface area (Å²) in [7, 11) is 1.37. The fraction of sp³-hybridized carbons (Fsp3) is 0.200. The molecular weight excluding hydrogens is 267 g/mol. The first kappa shape index (κ1) is 12.6. The number of anilines is 1. The van der Waals surface area contributed by atoms with Crippen LogP contribution in [-0.4, -0.2) is 17.3 Å². The summed E-state index contributed by atoms with van der Waals surface area (Å²) < 4.78 is 42.9. The van der Waals surface area contributed by atoms with Crippen LogP contribution in [0.2, 0.25) is 0 Å². The van der Waals surface area contributed by atoms with E-state index in [2.05, 4.69) is 10.2 Å². The predicted molar refractivity (Wildman–Crippen MR) is 61.3 cm³/mol. The summed E-state index contributed by atoms with van der Waals surface area (Å²) in [6.45, 7) is 0. The third-order valence-electron chi connectivity index (χ3n) is 2.20. The fourth-order valence-electron chi connectivity index (χ4n) is 1.39. The molecule has 0 aliphatic heterocycles. The lowest BCUT2D eigenvalue weighted by molar-refractivity contribution is -0.137. The number of alkyl halides is 3. The minimum Gasteiger partial charge on any atom is -0.496 e. The van der Waals surface area contributed by atoms with Gasteiger partial charge in [0.05, 0.1) is 18.2 Å². The lowest BCUT2D eigenvalue weighted by atomic mass is 10.1. The van der Waals surface area contributed by atoms with E-state index in [1.54, 1.807) is 0 Å². The molecule has 2 N–H and O–H groups in total. The van der Waals surface area contributed by atoms with Gasteiger partial charge in [0.15, 0.2) is 5.01 Å². The van der Waals surface area contributed by atoms with Crippen LogP contribution in [0, 0.1) is 0 Å². The molecule has 1 aromatic heterocycles. The average molecular weight is 275 g/mol. The standard InChI is InChI=1S/C10H8F3N3OS/c1-17-7-3-2-5(10(11,12)13)4-6(7)8-15-16-9(14)18-8/h2-4H,1H3,(H2,14,16). The third-order valence-corrected chi connectivity index (χ3v) is 2.98. The van der Waals surface area contributed by atoms with E-state index < -0.39 is 11.7 Å². The minimum absolute atomic E-state index is 0.185. The number of halogens is 3. The SMILES string of the molecule is COc1ccc(C(F)(F)F)cc1-c1nnc(N)s1. The van der Waals surface area contributed by atoms with Crippen LogP contribution in [0.4, 0.5) is 18.3 Å². The maximum Gasteiger partial charge on any atom is 0.416 e. The van der Waals surface area contributed by atoms with Gasteiger partial charge >= 0.3 is 6.18 Å². The molecule has 0 fully saturated rings. The molecule has 96 valence electrons. The summed E-state index contributed by atoms with van der Waals surface area (Å²) in [6.07, 6.45) is -4.42. The average Bonchev–Trinajstić information content (AvgIpc) is 2.73. The van der Waals surface area contributed by atoms with Crippen LogP contribution in [0.1, 0.15) is 5.56 Å². The first-order valence-corrected chi connectivity index (χ1v) is 5.58. The Morgan fingerprint density at radius 1 is 1.28 bits per heavy atom. The summed E-state index contributed by atoms with van der Waals surface area (Å²) in [5, 5.41) is 7.76. The highest BCUT2D eigenvalue weighted by molar-refractivity contribution is 7.18. The van der Waals surface area contributed by atoms with Crippen LogP contribution in [0.15, 0.2) is 18.2 Å². The van der Waals surface area contributed by atoms with Crippen LogP contribution in [0.3, 0.4) is 0 Å². The molecule has 0 unspecified atom stereocenters. The third kappa shape index (κ3) is 2.37. The Balaban J connectivity index is 2.56. The second kappa shape index (κ2) is 4.45. The maximum absolute atomic E-state index is 12.6. The van der Waals surface area contributed by atoms with Gasteiger partial charge in [-0.1, -0.05) is 11.3 Å². The van der Waals surface area contributed by atoms with Gasteiger partial charge in [-0.15, -0.1) is 10.2 Å². The van der Waals surface area contributed by atoms with Crippen molar-refractivity contribution in [3.8, 4) is 16.3 Å². The lowest BCUT2D eigenvalue weighted by Crippen LogP contribution is -2.05. The van der Waals surface area contributed by atoms with Crippen molar-refractivity contribution in [2.75, 3.05) is 12.8 Å². The zero-order valence-electron chi connectivity index (χ0n) is 9.15. The van der Waals surface area contributed by atoms with Crippen LogP contribution in [0.25, 0.3) is 10.6 Å². The molecule has 2 rings (SSSR count). The Kier molecular flexibility index (Phi) is 3.12. The van der Waals surface area contributed by atoms with Gasteiger partial charge in [-0.25, -0.2) is 0 Å². The van der Waals surface area contributed by atoms with Gasteiger partial charge in [0.2, 0.25) is 5.13 Å². The molecule has 1 aromatic carbocycles. The van der Waals surface area contributed by atoms with Gasteiger partial charge in [-0.3, -0.25) is 0 Å². The molecule has 1 heterocycles. The molecule has 0 amide bonds. The Labute approximate surface area is 104 Å². The number of rotatable bonds is 2. The summed E-state index contributed by atoms with van der Waals surface area (Å²) in [6, 6.07) is 3.17. The first-order valence-electron chi connectivity index (χ1n) is 4.76. The highest BCUT2D eigenvalue weighted by Gasteiger charge is 2.31. The minimum atomic E-state index is -4.42. The normalized spacial score (nSPS) is 11.6. The Morgan fingerprint density at radius 3 is 2.50 bits per heavy atom. The van der Waals surface area contributed by atoms with E-state index in [4.69, 9.17) is 10.5 Å². The molecule has 0 saturated heterocycles. The predicted octanol–water partition coefficient (Wildman–Crippen LogP) is 2.81. The van der Waals surface area contributed by atoms with E-state index in [1.165, 1.54) is 13.2 Å². The molecule has 0 atom stereocenters. The number of aromatic nitrogens is 2. The summed E-state index contributed by atoms with van der Waals surface area (Å²) in [5.74, 6) is 0.291. The number of nitrogens with two attached hydrogens (primary N) is 1. The van der Waals surface area contributed by atoms with Crippen molar-refractivity contribution >= 4 is 16.5 Å². The van der Waals surface area contributed by atoms with E-state index in [0.717, 1.165) is 23.5 Å². The van der Waals surface area contributed by atoms with E-state index in [1.807, 2.05) is 0 Å². The zero-order valence-corrected chi connectivity index (χ0v) is 9.97. The van der Waals surface area contributed by atoms with Crippen molar-refractivity contribution in [1.29, 1.82) is 0 Å². The molecule has 0 spiro atoms. The maximum atomic E-state index is 12.6. The summed E-state index contributed by atoms with van der Waals surface area (Å²) in [5.41, 5.74) is 4.87. The Hall–Kier alpha value is -1.83. The first-order chi connectivity index (χ1) is 8.41. The smallest absolute Gasteiger partial charge is 0.416 e. The number of nitrogen functional groups attached to an aromatic ring is 1. The Bertz CT molecular complexity index is 568. The number of ether oxygens (including phenoxy) is 1. The van der Waals surface area contributed by atoms with E-state index >= 15 is 0 Å². The highest BCUT2D eigenvalue weighted by Crippen LogP contribution is 2.38. The summed E-state index contributed by atoms with van der Waals surface area (Å²) >= 11 is 0.998. The fourth-order valence-corrected chi connectivity index (χ4v) is 2.03. The quantitative estimate of drug-likeness (QED) is 0.915. The number of hydrogen-bond donors (Lipinski definition) is 1. The molecule has 0 saturated carbocycles. The van der Waals surface area contributed by atoms with E-state index in [-0.39, 0.29) is 15.7 Å². The molecule has 0 bridgehead atoms. The van der Waals surface area contributed by atoms with Gasteiger partial charge in [0, 0.05) is 0 Å². The molecule has 2 aromatic rings. The Morgan fingerprint density at radius 2 is 2.00 bits per heavy atom. The van der Waals surface area contributed by atoms with Crippen molar-refractivity contribution in [1.82, 2.24) is 10.2 Å². The lowest BCUT2D eigenvalue weighted by Gasteiger charge is -2.10.